The van der Waals surface area contributed by atoms with Gasteiger partial charge in [-0.3, -0.25) is 4.98 Å². The molecule has 0 radical (unpaired) electrons. The third-order valence-corrected chi connectivity index (χ3v) is 2.66. The van der Waals surface area contributed by atoms with Crippen molar-refractivity contribution in [3.05, 3.63) is 41.2 Å². The molecule has 0 aliphatic rings. The summed E-state index contributed by atoms with van der Waals surface area (Å²) in [5.74, 6) is 0. The van der Waals surface area contributed by atoms with Gasteiger partial charge in [0.2, 0.25) is 0 Å². The molecule has 0 aromatic carbocycles. The first kappa shape index (κ1) is 11.7. The number of aromatic nitrogens is 1. The standard InChI is InChI=1S/C14H19N/c1-7-10(4)14-11(5)8-13(9(2)3)15-12(14)6/h7-8H,2H2,1,3-6H3/b10-7-. The molecule has 0 N–H and O–H groups in total. The Bertz CT molecular complexity index is 402. The number of hydrogen-bond donors (Lipinski definition) is 0. The van der Waals surface area contributed by atoms with Gasteiger partial charge < -0.3 is 0 Å². The third kappa shape index (κ3) is 2.35. The molecule has 0 amide bonds. The zero-order valence-electron chi connectivity index (χ0n) is 10.3. The van der Waals surface area contributed by atoms with E-state index in [2.05, 4.69) is 51.4 Å². The van der Waals surface area contributed by atoms with E-state index in [0.717, 1.165) is 17.0 Å². The molecule has 0 fully saturated rings. The molecule has 0 saturated carbocycles. The summed E-state index contributed by atoms with van der Waals surface area (Å²) in [6.45, 7) is 14.3. The Morgan fingerprint density at radius 3 is 2.33 bits per heavy atom. The smallest absolute Gasteiger partial charge is 0.0659 e. The van der Waals surface area contributed by atoms with E-state index in [0.29, 0.717) is 0 Å². The van der Waals surface area contributed by atoms with Gasteiger partial charge in [-0.05, 0) is 57.4 Å². The van der Waals surface area contributed by atoms with E-state index in [1.54, 1.807) is 0 Å². The molecule has 0 aliphatic carbocycles. The second-order valence-corrected chi connectivity index (χ2v) is 4.04. The van der Waals surface area contributed by atoms with Crippen LogP contribution in [0.3, 0.4) is 0 Å². The van der Waals surface area contributed by atoms with E-state index in [4.69, 9.17) is 0 Å². The van der Waals surface area contributed by atoms with Crippen molar-refractivity contribution in [2.45, 2.75) is 34.6 Å². The van der Waals surface area contributed by atoms with Crippen molar-refractivity contribution in [2.75, 3.05) is 0 Å². The Morgan fingerprint density at radius 1 is 1.33 bits per heavy atom. The van der Waals surface area contributed by atoms with E-state index >= 15 is 0 Å². The molecule has 0 bridgehead atoms. The first-order valence-corrected chi connectivity index (χ1v) is 5.24. The highest BCUT2D eigenvalue weighted by Gasteiger charge is 2.07. The maximum Gasteiger partial charge on any atom is 0.0659 e. The van der Waals surface area contributed by atoms with Gasteiger partial charge in [-0.15, -0.1) is 0 Å². The predicted octanol–water partition coefficient (Wildman–Crippen LogP) is 4.15. The molecule has 1 heterocycles. The van der Waals surface area contributed by atoms with Crippen LogP contribution in [0.5, 0.6) is 0 Å². The maximum atomic E-state index is 4.56. The lowest BCUT2D eigenvalue weighted by Gasteiger charge is -2.12. The van der Waals surface area contributed by atoms with Crippen molar-refractivity contribution >= 4 is 11.1 Å². The van der Waals surface area contributed by atoms with Crippen LogP contribution in [0, 0.1) is 13.8 Å². The lowest BCUT2D eigenvalue weighted by molar-refractivity contribution is 1.12. The van der Waals surface area contributed by atoms with E-state index in [9.17, 15) is 0 Å². The average molecular weight is 201 g/mol. The Labute approximate surface area is 92.6 Å². The molecule has 1 heteroatoms. The van der Waals surface area contributed by atoms with Crippen molar-refractivity contribution < 1.29 is 0 Å². The van der Waals surface area contributed by atoms with Crippen LogP contribution in [0.15, 0.2) is 18.7 Å². The van der Waals surface area contributed by atoms with Gasteiger partial charge in [0.15, 0.2) is 0 Å². The minimum Gasteiger partial charge on any atom is -0.253 e. The number of nitrogens with zero attached hydrogens (tertiary/aromatic N) is 1. The summed E-state index contributed by atoms with van der Waals surface area (Å²) in [7, 11) is 0. The molecule has 15 heavy (non-hydrogen) atoms. The largest absolute Gasteiger partial charge is 0.253 e. The van der Waals surface area contributed by atoms with Crippen LogP contribution in [0.1, 0.15) is 43.3 Å². The summed E-state index contributed by atoms with van der Waals surface area (Å²) < 4.78 is 0. The second-order valence-electron chi connectivity index (χ2n) is 4.04. The zero-order chi connectivity index (χ0) is 11.6. The molecule has 0 unspecified atom stereocenters. The van der Waals surface area contributed by atoms with Gasteiger partial charge in [0.05, 0.1) is 5.69 Å². The highest BCUT2D eigenvalue weighted by Crippen LogP contribution is 2.23. The van der Waals surface area contributed by atoms with E-state index in [1.165, 1.54) is 16.7 Å². The monoisotopic (exact) mass is 201 g/mol. The third-order valence-electron chi connectivity index (χ3n) is 2.66. The first-order chi connectivity index (χ1) is 6.97. The van der Waals surface area contributed by atoms with Crippen molar-refractivity contribution in [3.63, 3.8) is 0 Å². The first-order valence-electron chi connectivity index (χ1n) is 5.24. The van der Waals surface area contributed by atoms with Crippen LogP contribution < -0.4 is 0 Å². The van der Waals surface area contributed by atoms with Gasteiger partial charge in [0.25, 0.3) is 0 Å². The quantitative estimate of drug-likeness (QED) is 0.700. The highest BCUT2D eigenvalue weighted by atomic mass is 14.7. The molecule has 1 nitrogen and oxygen atoms in total. The molecule has 1 rings (SSSR count). The number of allylic oxidation sites excluding steroid dienone is 3. The minimum atomic E-state index is 0.998. The Kier molecular flexibility index (Phi) is 3.46. The fourth-order valence-corrected chi connectivity index (χ4v) is 1.79. The molecule has 1 aromatic heterocycles. The van der Waals surface area contributed by atoms with Crippen LogP contribution in [0.4, 0.5) is 0 Å². The lowest BCUT2D eigenvalue weighted by atomic mass is 9.98. The van der Waals surface area contributed by atoms with Crippen molar-refractivity contribution in [1.82, 2.24) is 4.98 Å². The number of aryl methyl sites for hydroxylation is 2. The van der Waals surface area contributed by atoms with Crippen LogP contribution in [0.2, 0.25) is 0 Å². The van der Waals surface area contributed by atoms with Gasteiger partial charge in [-0.25, -0.2) is 0 Å². The molecule has 0 aliphatic heterocycles. The van der Waals surface area contributed by atoms with Gasteiger partial charge in [-0.1, -0.05) is 12.7 Å². The summed E-state index contributed by atoms with van der Waals surface area (Å²) in [6, 6.07) is 2.11. The van der Waals surface area contributed by atoms with Crippen LogP contribution in [0.25, 0.3) is 11.1 Å². The summed E-state index contributed by atoms with van der Waals surface area (Å²) in [5, 5.41) is 0. The van der Waals surface area contributed by atoms with Crippen LogP contribution in [-0.4, -0.2) is 4.98 Å². The molecule has 0 atom stereocenters. The zero-order valence-corrected chi connectivity index (χ0v) is 10.3. The normalized spacial score (nSPS) is 11.7. The number of rotatable bonds is 2. The van der Waals surface area contributed by atoms with Crippen molar-refractivity contribution in [1.29, 1.82) is 0 Å². The summed E-state index contributed by atoms with van der Waals surface area (Å²) in [5.41, 5.74) is 6.93. The Morgan fingerprint density at radius 2 is 1.93 bits per heavy atom. The number of pyridine rings is 1. The second kappa shape index (κ2) is 4.43. The summed E-state index contributed by atoms with van der Waals surface area (Å²) >= 11 is 0. The lowest BCUT2D eigenvalue weighted by Crippen LogP contribution is -1.98. The molecule has 80 valence electrons. The van der Waals surface area contributed by atoms with Gasteiger partial charge >= 0.3 is 0 Å². The summed E-state index contributed by atoms with van der Waals surface area (Å²) in [4.78, 5) is 4.56. The number of hydrogen-bond acceptors (Lipinski definition) is 1. The topological polar surface area (TPSA) is 12.9 Å². The van der Waals surface area contributed by atoms with Gasteiger partial charge in [0.1, 0.15) is 0 Å². The minimum absolute atomic E-state index is 0.998. The van der Waals surface area contributed by atoms with E-state index in [-0.39, 0.29) is 0 Å². The molecular formula is C14H19N. The van der Waals surface area contributed by atoms with Crippen LogP contribution >= 0.6 is 0 Å². The average Bonchev–Trinajstić information content (AvgIpc) is 2.16. The summed E-state index contributed by atoms with van der Waals surface area (Å²) in [6.07, 6.45) is 2.12. The van der Waals surface area contributed by atoms with Crippen molar-refractivity contribution in [3.8, 4) is 0 Å². The predicted molar refractivity (Wildman–Crippen MR) is 67.7 cm³/mol. The van der Waals surface area contributed by atoms with E-state index in [1.807, 2.05) is 6.92 Å². The van der Waals surface area contributed by atoms with Gasteiger partial charge in [-0.2, -0.15) is 0 Å². The van der Waals surface area contributed by atoms with Crippen LogP contribution in [-0.2, 0) is 0 Å². The highest BCUT2D eigenvalue weighted by molar-refractivity contribution is 5.70. The fraction of sp³-hybridized carbons (Fsp3) is 0.357. The van der Waals surface area contributed by atoms with Gasteiger partial charge in [0, 0.05) is 11.3 Å². The maximum absolute atomic E-state index is 4.56. The molecule has 0 spiro atoms. The van der Waals surface area contributed by atoms with E-state index < -0.39 is 0 Å². The molecule has 0 saturated heterocycles. The molecular weight excluding hydrogens is 182 g/mol. The Balaban J connectivity index is 3.40. The fourth-order valence-electron chi connectivity index (χ4n) is 1.79. The Hall–Kier alpha value is -1.37. The molecule has 1 aromatic rings. The van der Waals surface area contributed by atoms with Crippen molar-refractivity contribution in [2.24, 2.45) is 0 Å². The SMILES string of the molecule is C=C(C)c1cc(C)c(/C(C)=C\C)c(C)n1.